The fraction of sp³-hybridized carbons (Fsp3) is 0.133. The Balaban J connectivity index is 2.50. The molecule has 1 heterocycles. The van der Waals surface area contributed by atoms with Gasteiger partial charge >= 0.3 is 5.97 Å². The minimum absolute atomic E-state index is 0.265. The van der Waals surface area contributed by atoms with E-state index in [1.165, 1.54) is 17.4 Å². The van der Waals surface area contributed by atoms with E-state index in [2.05, 4.69) is 13.0 Å². The summed E-state index contributed by atoms with van der Waals surface area (Å²) in [5.41, 5.74) is 2.77. The first-order chi connectivity index (χ1) is 8.74. The fourth-order valence-corrected chi connectivity index (χ4v) is 3.29. The first kappa shape index (κ1) is 11.2. The van der Waals surface area contributed by atoms with Crippen LogP contribution in [0.1, 0.15) is 15.2 Å². The van der Waals surface area contributed by atoms with E-state index in [1.54, 1.807) is 11.3 Å². The molecule has 1 aromatic heterocycles. The number of carbonyl (C=O) groups is 1. The Hall–Kier alpha value is -1.87. The molecular weight excluding hydrogens is 244 g/mol. The molecule has 0 fully saturated rings. The quantitative estimate of drug-likeness (QED) is 0.613. The molecule has 1 aromatic rings. The number of ether oxygens (including phenoxy) is 1. The van der Waals surface area contributed by atoms with Gasteiger partial charge in [-0.25, -0.2) is 4.79 Å². The van der Waals surface area contributed by atoms with Crippen molar-refractivity contribution in [3.63, 3.8) is 0 Å². The normalized spacial score (nSPS) is 11.0. The molecule has 0 radical (unpaired) electrons. The lowest BCUT2D eigenvalue weighted by Gasteiger charge is -2.00. The number of rotatable bonds is 1. The summed E-state index contributed by atoms with van der Waals surface area (Å²) in [4.78, 5) is 13.2. The van der Waals surface area contributed by atoms with Crippen molar-refractivity contribution >= 4 is 28.1 Å². The van der Waals surface area contributed by atoms with E-state index < -0.39 is 0 Å². The number of hydrogen-bond donors (Lipinski definition) is 0. The molecule has 2 aliphatic rings. The molecule has 0 bridgehead atoms. The highest BCUT2D eigenvalue weighted by Crippen LogP contribution is 2.42. The predicted molar refractivity (Wildman–Crippen MR) is 74.5 cm³/mol. The van der Waals surface area contributed by atoms with Crippen LogP contribution in [-0.2, 0) is 4.74 Å². The molecule has 2 nitrogen and oxygen atoms in total. The number of hydrogen-bond acceptors (Lipinski definition) is 3. The molecule has 3 heteroatoms. The van der Waals surface area contributed by atoms with Crippen LogP contribution in [0, 0.1) is 6.92 Å². The topological polar surface area (TPSA) is 26.3 Å². The predicted octanol–water partition coefficient (Wildman–Crippen LogP) is 4.10. The number of methoxy groups -OCH3 is 1. The monoisotopic (exact) mass is 256 g/mol. The maximum Gasteiger partial charge on any atom is 0.339 e. The van der Waals surface area contributed by atoms with Gasteiger partial charge in [0.15, 0.2) is 0 Å². The van der Waals surface area contributed by atoms with E-state index >= 15 is 0 Å². The van der Waals surface area contributed by atoms with Gasteiger partial charge in [-0.15, -0.1) is 11.3 Å². The van der Waals surface area contributed by atoms with Gasteiger partial charge in [0.2, 0.25) is 0 Å². The number of carbonyl (C=O) groups excluding carboxylic acids is 1. The fourth-order valence-electron chi connectivity index (χ4n) is 2.42. The molecule has 2 aliphatic carbocycles. The van der Waals surface area contributed by atoms with Crippen LogP contribution in [-0.4, -0.2) is 13.1 Å². The molecule has 90 valence electrons. The third kappa shape index (κ3) is 1.44. The summed E-state index contributed by atoms with van der Waals surface area (Å²) < 4.78 is 4.92. The summed E-state index contributed by atoms with van der Waals surface area (Å²) in [6.45, 7) is 2.08. The van der Waals surface area contributed by atoms with Crippen LogP contribution >= 0.6 is 11.3 Å². The minimum atomic E-state index is -0.265. The smallest absolute Gasteiger partial charge is 0.339 e. The highest BCUT2D eigenvalue weighted by atomic mass is 32.1. The number of thiophene rings is 1. The molecule has 0 unspecified atom stereocenters. The van der Waals surface area contributed by atoms with Crippen LogP contribution in [0.25, 0.3) is 21.9 Å². The number of esters is 1. The van der Waals surface area contributed by atoms with E-state index in [-0.39, 0.29) is 5.97 Å². The Morgan fingerprint density at radius 3 is 2.61 bits per heavy atom. The summed E-state index contributed by atoms with van der Waals surface area (Å²) in [5.74, 6) is -0.265. The van der Waals surface area contributed by atoms with Crippen molar-refractivity contribution in [3.05, 3.63) is 46.2 Å². The van der Waals surface area contributed by atoms with Gasteiger partial charge in [0.25, 0.3) is 0 Å². The average molecular weight is 256 g/mol. The highest BCUT2D eigenvalue weighted by molar-refractivity contribution is 7.11. The van der Waals surface area contributed by atoms with Gasteiger partial charge in [-0.2, -0.15) is 0 Å². The second-order valence-electron chi connectivity index (χ2n) is 4.19. The first-order valence-corrected chi connectivity index (χ1v) is 6.59. The molecule has 3 rings (SSSR count). The first-order valence-electron chi connectivity index (χ1n) is 5.71. The Bertz CT molecular complexity index is 712. The lowest BCUT2D eigenvalue weighted by atomic mass is 10.1. The van der Waals surface area contributed by atoms with Crippen LogP contribution in [0.15, 0.2) is 35.7 Å². The van der Waals surface area contributed by atoms with Crippen LogP contribution in [0.5, 0.6) is 0 Å². The van der Waals surface area contributed by atoms with E-state index in [0.717, 1.165) is 16.5 Å². The van der Waals surface area contributed by atoms with Crippen molar-refractivity contribution in [3.8, 4) is 11.1 Å². The van der Waals surface area contributed by atoms with Gasteiger partial charge in [-0.3, -0.25) is 0 Å². The zero-order chi connectivity index (χ0) is 12.7. The molecule has 0 atom stereocenters. The minimum Gasteiger partial charge on any atom is -0.465 e. The van der Waals surface area contributed by atoms with Gasteiger partial charge in [-0.05, 0) is 23.4 Å². The maximum atomic E-state index is 12.0. The summed E-state index contributed by atoms with van der Waals surface area (Å²) in [6, 6.07) is 9.95. The standard InChI is InChI=1S/C15H12O2S/c1-9-13-10-6-4-3-5-7-11(10)14(15(16)17-2)12(13)8-18-9/h3-8H,1-2H3. The van der Waals surface area contributed by atoms with Crippen molar-refractivity contribution < 1.29 is 9.53 Å². The van der Waals surface area contributed by atoms with Crippen molar-refractivity contribution in [2.75, 3.05) is 7.11 Å². The van der Waals surface area contributed by atoms with Gasteiger partial charge in [0.1, 0.15) is 0 Å². The molecule has 0 saturated heterocycles. The van der Waals surface area contributed by atoms with E-state index in [1.807, 2.05) is 29.6 Å². The average Bonchev–Trinajstić information content (AvgIpc) is 2.78. The Kier molecular flexibility index (Phi) is 2.56. The summed E-state index contributed by atoms with van der Waals surface area (Å²) >= 11 is 1.67. The van der Waals surface area contributed by atoms with Crippen molar-refractivity contribution in [1.29, 1.82) is 0 Å². The van der Waals surface area contributed by atoms with Crippen molar-refractivity contribution in [1.82, 2.24) is 0 Å². The Morgan fingerprint density at radius 1 is 1.17 bits per heavy atom. The molecule has 0 amide bonds. The molecule has 0 aromatic carbocycles. The second-order valence-corrected chi connectivity index (χ2v) is 5.27. The third-order valence-corrected chi connectivity index (χ3v) is 4.12. The van der Waals surface area contributed by atoms with Crippen LogP contribution in [0.3, 0.4) is 0 Å². The molecule has 18 heavy (non-hydrogen) atoms. The Morgan fingerprint density at radius 2 is 1.89 bits per heavy atom. The van der Waals surface area contributed by atoms with Gasteiger partial charge in [0, 0.05) is 15.6 Å². The van der Waals surface area contributed by atoms with Gasteiger partial charge < -0.3 is 4.74 Å². The lowest BCUT2D eigenvalue weighted by Crippen LogP contribution is -2.00. The Labute approximate surface area is 109 Å². The van der Waals surface area contributed by atoms with Crippen LogP contribution < -0.4 is 0 Å². The summed E-state index contributed by atoms with van der Waals surface area (Å²) in [5, 5.41) is 4.22. The highest BCUT2D eigenvalue weighted by Gasteiger charge is 2.24. The van der Waals surface area contributed by atoms with E-state index in [9.17, 15) is 4.79 Å². The SMILES string of the molecule is COC(=O)c1c2cccccc-2c2c(C)scc12. The van der Waals surface area contributed by atoms with Crippen molar-refractivity contribution in [2.24, 2.45) is 0 Å². The molecular formula is C15H12O2S. The van der Waals surface area contributed by atoms with Crippen LogP contribution in [0.2, 0.25) is 0 Å². The third-order valence-electron chi connectivity index (χ3n) is 3.21. The van der Waals surface area contributed by atoms with E-state index in [0.29, 0.717) is 5.56 Å². The molecule has 0 saturated carbocycles. The molecule has 0 aliphatic heterocycles. The maximum absolute atomic E-state index is 12.0. The summed E-state index contributed by atoms with van der Waals surface area (Å²) in [7, 11) is 1.43. The van der Waals surface area contributed by atoms with E-state index in [4.69, 9.17) is 4.74 Å². The number of aryl methyl sites for hydroxylation is 1. The van der Waals surface area contributed by atoms with Gasteiger partial charge in [0.05, 0.1) is 12.7 Å². The zero-order valence-corrected chi connectivity index (χ0v) is 11.0. The zero-order valence-electron chi connectivity index (χ0n) is 10.2. The summed E-state index contributed by atoms with van der Waals surface area (Å²) in [6.07, 6.45) is 0. The second kappa shape index (κ2) is 4.10. The molecule has 0 spiro atoms. The lowest BCUT2D eigenvalue weighted by molar-refractivity contribution is 0.0604. The van der Waals surface area contributed by atoms with Crippen molar-refractivity contribution in [2.45, 2.75) is 6.92 Å². The number of fused-ring (bicyclic) bond motifs is 3. The van der Waals surface area contributed by atoms with Crippen LogP contribution in [0.4, 0.5) is 0 Å². The molecule has 0 N–H and O–H groups in total. The largest absolute Gasteiger partial charge is 0.465 e. The van der Waals surface area contributed by atoms with Gasteiger partial charge in [-0.1, -0.05) is 30.3 Å².